The Balaban J connectivity index is 1.40. The molecule has 33 heavy (non-hydrogen) atoms. The van der Waals surface area contributed by atoms with Crippen LogP contribution in [0.4, 0.5) is 4.39 Å². The number of benzene rings is 3. The van der Waals surface area contributed by atoms with Crippen molar-refractivity contribution in [2.24, 2.45) is 5.41 Å². The zero-order valence-corrected chi connectivity index (χ0v) is 18.5. The Kier molecular flexibility index (Phi) is 5.71. The molecule has 3 aromatic rings. The number of fused-ring (bicyclic) bond motifs is 1. The molecule has 0 N–H and O–H groups in total. The van der Waals surface area contributed by atoms with Crippen molar-refractivity contribution < 1.29 is 14.0 Å². The molecule has 0 atom stereocenters. The maximum Gasteiger partial charge on any atom is 0.253 e. The van der Waals surface area contributed by atoms with E-state index in [1.54, 1.807) is 12.1 Å². The zero-order valence-electron chi connectivity index (χ0n) is 18.5. The second-order valence-corrected chi connectivity index (χ2v) is 9.17. The van der Waals surface area contributed by atoms with Crippen molar-refractivity contribution in [3.63, 3.8) is 0 Å². The van der Waals surface area contributed by atoms with Crippen molar-refractivity contribution in [3.8, 4) is 0 Å². The monoisotopic (exact) mass is 442 g/mol. The van der Waals surface area contributed by atoms with Gasteiger partial charge in [-0.1, -0.05) is 54.6 Å². The van der Waals surface area contributed by atoms with Crippen LogP contribution in [0.5, 0.6) is 0 Å². The van der Waals surface area contributed by atoms with E-state index in [9.17, 15) is 14.0 Å². The molecule has 5 rings (SSSR count). The normalized spacial score (nSPS) is 17.5. The van der Waals surface area contributed by atoms with Crippen molar-refractivity contribution in [1.82, 2.24) is 9.80 Å². The summed E-state index contributed by atoms with van der Waals surface area (Å²) in [4.78, 5) is 30.7. The number of likely N-dealkylation sites (tertiary alicyclic amines) is 1. The molecule has 4 nitrogen and oxygen atoms in total. The van der Waals surface area contributed by atoms with Crippen LogP contribution in [-0.4, -0.2) is 34.7 Å². The topological polar surface area (TPSA) is 40.6 Å². The van der Waals surface area contributed by atoms with E-state index in [1.807, 2.05) is 52.3 Å². The Hall–Kier alpha value is -3.47. The Morgan fingerprint density at radius 1 is 0.848 bits per heavy atom. The lowest BCUT2D eigenvalue weighted by Crippen LogP contribution is -2.51. The molecule has 2 heterocycles. The van der Waals surface area contributed by atoms with E-state index < -0.39 is 5.41 Å². The number of hydrogen-bond acceptors (Lipinski definition) is 2. The van der Waals surface area contributed by atoms with Crippen LogP contribution in [0, 0.1) is 11.2 Å². The molecule has 0 radical (unpaired) electrons. The van der Waals surface area contributed by atoms with E-state index in [0.717, 1.165) is 11.1 Å². The van der Waals surface area contributed by atoms with Gasteiger partial charge in [0, 0.05) is 31.7 Å². The Morgan fingerprint density at radius 2 is 1.48 bits per heavy atom. The van der Waals surface area contributed by atoms with Crippen LogP contribution in [0.15, 0.2) is 78.9 Å². The van der Waals surface area contributed by atoms with Gasteiger partial charge in [-0.05, 0) is 60.2 Å². The van der Waals surface area contributed by atoms with Crippen molar-refractivity contribution in [2.45, 2.75) is 32.4 Å². The molecule has 0 aromatic heterocycles. The molecule has 0 bridgehead atoms. The molecule has 0 aliphatic carbocycles. The van der Waals surface area contributed by atoms with Crippen LogP contribution in [0.3, 0.4) is 0 Å². The van der Waals surface area contributed by atoms with Gasteiger partial charge in [0.2, 0.25) is 5.91 Å². The number of hydrogen-bond donors (Lipinski definition) is 0. The van der Waals surface area contributed by atoms with Gasteiger partial charge in [0.1, 0.15) is 5.82 Å². The highest BCUT2D eigenvalue weighted by Crippen LogP contribution is 2.41. The average molecular weight is 443 g/mol. The van der Waals surface area contributed by atoms with E-state index >= 15 is 0 Å². The molecule has 1 fully saturated rings. The lowest BCUT2D eigenvalue weighted by molar-refractivity contribution is -0.145. The SMILES string of the molecule is O=C(c1ccccc1)N1CCC2(CC1)Cc1ccccc1CN(Cc1ccc(F)cc1)C2=O. The summed E-state index contributed by atoms with van der Waals surface area (Å²) in [5.74, 6) is -0.122. The molecule has 2 aliphatic rings. The predicted molar refractivity (Wildman–Crippen MR) is 125 cm³/mol. The first-order valence-corrected chi connectivity index (χ1v) is 11.5. The maximum atomic E-state index is 14.0. The molecule has 3 aromatic carbocycles. The van der Waals surface area contributed by atoms with Gasteiger partial charge in [0.05, 0.1) is 5.41 Å². The van der Waals surface area contributed by atoms with Crippen molar-refractivity contribution in [2.75, 3.05) is 13.1 Å². The first kappa shape index (κ1) is 21.4. The van der Waals surface area contributed by atoms with Crippen molar-refractivity contribution in [1.29, 1.82) is 0 Å². The Morgan fingerprint density at radius 3 is 2.18 bits per heavy atom. The summed E-state index contributed by atoms with van der Waals surface area (Å²) < 4.78 is 13.4. The van der Waals surface area contributed by atoms with Crippen LogP contribution >= 0.6 is 0 Å². The fourth-order valence-electron chi connectivity index (χ4n) is 5.17. The van der Waals surface area contributed by atoms with Gasteiger partial charge < -0.3 is 9.80 Å². The van der Waals surface area contributed by atoms with Gasteiger partial charge in [-0.15, -0.1) is 0 Å². The molecule has 2 aliphatic heterocycles. The minimum Gasteiger partial charge on any atom is -0.339 e. The first-order valence-electron chi connectivity index (χ1n) is 11.5. The van der Waals surface area contributed by atoms with Crippen LogP contribution < -0.4 is 0 Å². The van der Waals surface area contributed by atoms with E-state index in [-0.39, 0.29) is 17.6 Å². The van der Waals surface area contributed by atoms with Gasteiger partial charge >= 0.3 is 0 Å². The number of nitrogens with zero attached hydrogens (tertiary/aromatic N) is 2. The number of piperidine rings is 1. The summed E-state index contributed by atoms with van der Waals surface area (Å²) in [7, 11) is 0. The first-order chi connectivity index (χ1) is 16.0. The molecule has 1 saturated heterocycles. The lowest BCUT2D eigenvalue weighted by Gasteiger charge is -2.42. The van der Waals surface area contributed by atoms with Crippen molar-refractivity contribution >= 4 is 11.8 Å². The predicted octanol–water partition coefficient (Wildman–Crippen LogP) is 4.83. The molecule has 168 valence electrons. The minimum atomic E-state index is -0.528. The lowest BCUT2D eigenvalue weighted by atomic mass is 9.72. The minimum absolute atomic E-state index is 0.0232. The van der Waals surface area contributed by atoms with Gasteiger partial charge in [-0.2, -0.15) is 0 Å². The van der Waals surface area contributed by atoms with Gasteiger partial charge in [-0.3, -0.25) is 9.59 Å². The second kappa shape index (κ2) is 8.81. The summed E-state index contributed by atoms with van der Waals surface area (Å²) in [6, 6.07) is 23.9. The number of rotatable bonds is 3. The highest BCUT2D eigenvalue weighted by molar-refractivity contribution is 5.94. The molecular formula is C28H27FN2O2. The quantitative estimate of drug-likeness (QED) is 0.583. The third-order valence-corrected chi connectivity index (χ3v) is 7.06. The third-order valence-electron chi connectivity index (χ3n) is 7.06. The third kappa shape index (κ3) is 4.28. The van der Waals surface area contributed by atoms with E-state index in [1.165, 1.54) is 17.7 Å². The summed E-state index contributed by atoms with van der Waals surface area (Å²) in [6.45, 7) is 2.11. The van der Waals surface area contributed by atoms with E-state index in [4.69, 9.17) is 0 Å². The Labute approximate surface area is 193 Å². The molecular weight excluding hydrogens is 415 g/mol. The number of carbonyl (C=O) groups is 2. The van der Waals surface area contributed by atoms with Crippen LogP contribution in [0.1, 0.15) is 39.9 Å². The number of carbonyl (C=O) groups excluding carboxylic acids is 2. The van der Waals surface area contributed by atoms with E-state index in [0.29, 0.717) is 51.0 Å². The highest BCUT2D eigenvalue weighted by atomic mass is 19.1. The number of amides is 2. The molecule has 0 saturated carbocycles. The van der Waals surface area contributed by atoms with Gasteiger partial charge in [0.25, 0.3) is 5.91 Å². The molecule has 5 heteroatoms. The highest BCUT2D eigenvalue weighted by Gasteiger charge is 2.46. The standard InChI is InChI=1S/C28H27FN2O2/c29-25-12-10-21(11-13-25)19-31-20-24-9-5-4-8-23(24)18-28(27(31)33)14-16-30(17-15-28)26(32)22-6-2-1-3-7-22/h1-13H,14-20H2. The summed E-state index contributed by atoms with van der Waals surface area (Å²) in [5, 5.41) is 0. The Bertz CT molecular complexity index is 1150. The molecule has 2 amide bonds. The maximum absolute atomic E-state index is 14.0. The largest absolute Gasteiger partial charge is 0.339 e. The average Bonchev–Trinajstić information content (AvgIpc) is 2.96. The number of halogens is 1. The van der Waals surface area contributed by atoms with Gasteiger partial charge in [0.15, 0.2) is 0 Å². The molecule has 0 unspecified atom stereocenters. The van der Waals surface area contributed by atoms with Gasteiger partial charge in [-0.25, -0.2) is 4.39 Å². The van der Waals surface area contributed by atoms with Crippen molar-refractivity contribution in [3.05, 3.63) is 107 Å². The zero-order chi connectivity index (χ0) is 22.8. The van der Waals surface area contributed by atoms with Crippen LogP contribution in [-0.2, 0) is 24.3 Å². The summed E-state index contributed by atoms with van der Waals surface area (Å²) in [5.41, 5.74) is 3.43. The van der Waals surface area contributed by atoms with Crippen LogP contribution in [0.25, 0.3) is 0 Å². The summed E-state index contributed by atoms with van der Waals surface area (Å²) >= 11 is 0. The fourth-order valence-corrected chi connectivity index (χ4v) is 5.17. The van der Waals surface area contributed by atoms with E-state index in [2.05, 4.69) is 12.1 Å². The smallest absolute Gasteiger partial charge is 0.253 e. The van der Waals surface area contributed by atoms with Crippen LogP contribution in [0.2, 0.25) is 0 Å². The second-order valence-electron chi connectivity index (χ2n) is 9.17. The fraction of sp³-hybridized carbons (Fsp3) is 0.286. The summed E-state index contributed by atoms with van der Waals surface area (Å²) in [6.07, 6.45) is 1.96. The molecule has 1 spiro atoms.